The molecule has 0 unspecified atom stereocenters. The van der Waals surface area contributed by atoms with Gasteiger partial charge in [0, 0.05) is 28.5 Å². The predicted octanol–water partition coefficient (Wildman–Crippen LogP) is 6.31. The number of nitriles is 1. The normalized spacial score (nSPS) is 17.8. The largest absolute Gasteiger partial charge is 0.366 e. The molecule has 0 saturated heterocycles. The molecule has 156 valence electrons. The molecule has 0 aromatic heterocycles. The van der Waals surface area contributed by atoms with Gasteiger partial charge in [0.2, 0.25) is 0 Å². The van der Waals surface area contributed by atoms with Crippen molar-refractivity contribution in [2.45, 2.75) is 52.5 Å². The summed E-state index contributed by atoms with van der Waals surface area (Å²) in [5, 5.41) is 12.9. The summed E-state index contributed by atoms with van der Waals surface area (Å²) in [6.07, 6.45) is 2.73. The van der Waals surface area contributed by atoms with Crippen LogP contribution in [0.5, 0.6) is 0 Å². The lowest BCUT2D eigenvalue weighted by Crippen LogP contribution is -2.48. The molecule has 4 nitrogen and oxygen atoms in total. The molecule has 0 saturated carbocycles. The van der Waals surface area contributed by atoms with Crippen molar-refractivity contribution in [3.63, 3.8) is 0 Å². The fourth-order valence-electron chi connectivity index (χ4n) is 4.47. The number of amides is 1. The van der Waals surface area contributed by atoms with Gasteiger partial charge in [0.1, 0.15) is 11.6 Å². The maximum absolute atomic E-state index is 12.7. The third-order valence-corrected chi connectivity index (χ3v) is 6.07. The highest BCUT2D eigenvalue weighted by Crippen LogP contribution is 2.44. The SMILES string of the molecule is CCN1c2cc(C)c(/C=C(/C#N)C(=O)Nc3cccc(Cl)c3)cc2[C@@H](C)CC1(C)C. The summed E-state index contributed by atoms with van der Waals surface area (Å²) in [5.74, 6) is -0.0439. The molecule has 2 aromatic rings. The highest BCUT2D eigenvalue weighted by Gasteiger charge is 2.35. The van der Waals surface area contributed by atoms with Gasteiger partial charge in [0.25, 0.3) is 5.91 Å². The minimum atomic E-state index is -0.443. The van der Waals surface area contributed by atoms with Gasteiger partial charge in [-0.25, -0.2) is 0 Å². The predicted molar refractivity (Wildman–Crippen MR) is 125 cm³/mol. The van der Waals surface area contributed by atoms with Gasteiger partial charge >= 0.3 is 0 Å². The number of halogens is 1. The molecule has 30 heavy (non-hydrogen) atoms. The van der Waals surface area contributed by atoms with Crippen LogP contribution in [0.25, 0.3) is 6.08 Å². The van der Waals surface area contributed by atoms with Gasteiger partial charge < -0.3 is 10.2 Å². The molecule has 1 aliphatic rings. The molecule has 0 fully saturated rings. The van der Waals surface area contributed by atoms with Crippen LogP contribution < -0.4 is 10.2 Å². The van der Waals surface area contributed by atoms with E-state index in [1.54, 1.807) is 30.3 Å². The summed E-state index contributed by atoms with van der Waals surface area (Å²) < 4.78 is 0. The van der Waals surface area contributed by atoms with Gasteiger partial charge in [-0.15, -0.1) is 0 Å². The van der Waals surface area contributed by atoms with Gasteiger partial charge in [-0.2, -0.15) is 5.26 Å². The number of fused-ring (bicyclic) bond motifs is 1. The van der Waals surface area contributed by atoms with Crippen LogP contribution in [0, 0.1) is 18.3 Å². The molecule has 1 aliphatic heterocycles. The van der Waals surface area contributed by atoms with E-state index in [4.69, 9.17) is 11.6 Å². The highest BCUT2D eigenvalue weighted by atomic mass is 35.5. The van der Waals surface area contributed by atoms with E-state index in [2.05, 4.69) is 50.0 Å². The first-order valence-electron chi connectivity index (χ1n) is 10.3. The van der Waals surface area contributed by atoms with Gasteiger partial charge in [0.15, 0.2) is 0 Å². The molecule has 3 rings (SSSR count). The van der Waals surface area contributed by atoms with Crippen LogP contribution in [0.2, 0.25) is 5.02 Å². The Balaban J connectivity index is 1.97. The fraction of sp³-hybridized carbons (Fsp3) is 0.360. The first-order chi connectivity index (χ1) is 14.2. The van der Waals surface area contributed by atoms with Crippen molar-refractivity contribution in [2.24, 2.45) is 0 Å². The average molecular weight is 422 g/mol. The smallest absolute Gasteiger partial charge is 0.266 e. The van der Waals surface area contributed by atoms with E-state index in [1.165, 1.54) is 11.3 Å². The van der Waals surface area contributed by atoms with Crippen LogP contribution in [0.3, 0.4) is 0 Å². The summed E-state index contributed by atoms with van der Waals surface area (Å²) in [5.41, 5.74) is 5.17. The van der Waals surface area contributed by atoms with E-state index in [9.17, 15) is 10.1 Å². The van der Waals surface area contributed by atoms with Gasteiger partial charge in [0.05, 0.1) is 0 Å². The quantitative estimate of drug-likeness (QED) is 0.465. The Morgan fingerprint density at radius 1 is 1.37 bits per heavy atom. The number of aryl methyl sites for hydroxylation is 1. The number of nitrogens with one attached hydrogen (secondary N) is 1. The summed E-state index contributed by atoms with van der Waals surface area (Å²) in [4.78, 5) is 15.1. The number of anilines is 2. The molecule has 0 aliphatic carbocycles. The highest BCUT2D eigenvalue weighted by molar-refractivity contribution is 6.31. The molecule has 5 heteroatoms. The van der Waals surface area contributed by atoms with Gasteiger partial charge in [-0.3, -0.25) is 4.79 Å². The van der Waals surface area contributed by atoms with E-state index in [-0.39, 0.29) is 11.1 Å². The first-order valence-corrected chi connectivity index (χ1v) is 10.6. The first kappa shape index (κ1) is 21.9. The van der Waals surface area contributed by atoms with E-state index in [1.807, 2.05) is 13.0 Å². The average Bonchev–Trinajstić information content (AvgIpc) is 2.66. The van der Waals surface area contributed by atoms with Crippen molar-refractivity contribution in [1.29, 1.82) is 5.26 Å². The molecule has 2 aromatic carbocycles. The van der Waals surface area contributed by atoms with Gasteiger partial charge in [-0.05, 0) is 93.1 Å². The third-order valence-electron chi connectivity index (χ3n) is 5.84. The Bertz CT molecular complexity index is 1050. The number of benzene rings is 2. The van der Waals surface area contributed by atoms with Gasteiger partial charge in [-0.1, -0.05) is 24.6 Å². The van der Waals surface area contributed by atoms with Crippen LogP contribution >= 0.6 is 11.6 Å². The minimum absolute atomic E-state index is 0.0640. The summed E-state index contributed by atoms with van der Waals surface area (Å²) in [6, 6.07) is 13.2. The molecule has 1 heterocycles. The van der Waals surface area contributed by atoms with E-state index in [0.29, 0.717) is 16.6 Å². The second-order valence-electron chi connectivity index (χ2n) is 8.56. The number of rotatable bonds is 4. The zero-order chi connectivity index (χ0) is 22.1. The van der Waals surface area contributed by atoms with Crippen LogP contribution in [0.15, 0.2) is 42.0 Å². The lowest BCUT2D eigenvalue weighted by molar-refractivity contribution is -0.112. The maximum Gasteiger partial charge on any atom is 0.266 e. The lowest BCUT2D eigenvalue weighted by Gasteiger charge is -2.47. The number of hydrogen-bond donors (Lipinski definition) is 1. The van der Waals surface area contributed by atoms with Crippen molar-refractivity contribution in [3.05, 3.63) is 63.7 Å². The van der Waals surface area contributed by atoms with E-state index >= 15 is 0 Å². The maximum atomic E-state index is 12.7. The fourth-order valence-corrected chi connectivity index (χ4v) is 4.66. The Morgan fingerprint density at radius 3 is 2.73 bits per heavy atom. The monoisotopic (exact) mass is 421 g/mol. The lowest BCUT2D eigenvalue weighted by atomic mass is 9.79. The van der Waals surface area contributed by atoms with Crippen LogP contribution in [-0.4, -0.2) is 18.0 Å². The minimum Gasteiger partial charge on any atom is -0.366 e. The summed E-state index contributed by atoms with van der Waals surface area (Å²) >= 11 is 5.98. The second-order valence-corrected chi connectivity index (χ2v) is 9.00. The van der Waals surface area contributed by atoms with Crippen LogP contribution in [0.4, 0.5) is 11.4 Å². The zero-order valence-corrected chi connectivity index (χ0v) is 19.0. The van der Waals surface area contributed by atoms with Crippen molar-refractivity contribution in [1.82, 2.24) is 0 Å². The number of hydrogen-bond acceptors (Lipinski definition) is 3. The Morgan fingerprint density at radius 2 is 2.10 bits per heavy atom. The molecule has 1 atom stereocenters. The topological polar surface area (TPSA) is 56.1 Å². The standard InChI is InChI=1S/C25H28ClN3O/c1-6-29-23-10-16(2)18(12-22(23)17(3)14-25(29,4)5)11-19(15-27)24(30)28-21-9-7-8-20(26)13-21/h7-13,17H,6,14H2,1-5H3,(H,28,30)/b19-11-/t17-/m0/s1. The molecule has 0 spiro atoms. The molecule has 0 radical (unpaired) electrons. The number of carbonyl (C=O) groups is 1. The molecule has 0 bridgehead atoms. The van der Waals surface area contributed by atoms with Crippen LogP contribution in [-0.2, 0) is 4.79 Å². The molecule has 1 amide bonds. The Hall–Kier alpha value is -2.77. The second kappa shape index (κ2) is 8.53. The molecular formula is C25H28ClN3O. The van der Waals surface area contributed by atoms with Crippen molar-refractivity contribution >= 4 is 35.0 Å². The van der Waals surface area contributed by atoms with Crippen molar-refractivity contribution in [2.75, 3.05) is 16.8 Å². The summed E-state index contributed by atoms with van der Waals surface area (Å²) in [7, 11) is 0. The molecular weight excluding hydrogens is 394 g/mol. The Kier molecular flexibility index (Phi) is 6.24. The van der Waals surface area contributed by atoms with Crippen molar-refractivity contribution < 1.29 is 4.79 Å². The van der Waals surface area contributed by atoms with Crippen LogP contribution in [0.1, 0.15) is 56.7 Å². The van der Waals surface area contributed by atoms with Crippen molar-refractivity contribution in [3.8, 4) is 6.07 Å². The zero-order valence-electron chi connectivity index (χ0n) is 18.2. The van der Waals surface area contributed by atoms with E-state index < -0.39 is 5.91 Å². The molecule has 1 N–H and O–H groups in total. The van der Waals surface area contributed by atoms with E-state index in [0.717, 1.165) is 24.1 Å². The Labute approximate surface area is 184 Å². The summed E-state index contributed by atoms with van der Waals surface area (Å²) in [6.45, 7) is 12.0. The number of nitrogens with zero attached hydrogens (tertiary/aromatic N) is 2. The third kappa shape index (κ3) is 4.37. The number of carbonyl (C=O) groups excluding carboxylic acids is 1.